The molecule has 1 amide bonds. The predicted molar refractivity (Wildman–Crippen MR) is 98.8 cm³/mol. The summed E-state index contributed by atoms with van der Waals surface area (Å²) in [4.78, 5) is 22.1. The second-order valence-corrected chi connectivity index (χ2v) is 6.47. The number of fused-ring (bicyclic) bond motifs is 2. The molecular weight excluding hydrogens is 320 g/mol. The molecule has 3 heterocycles. The fourth-order valence-corrected chi connectivity index (χ4v) is 3.55. The Kier molecular flexibility index (Phi) is 4.00. The molecule has 1 N–H and O–H groups in total. The fourth-order valence-electron chi connectivity index (χ4n) is 3.29. The zero-order valence-electron chi connectivity index (χ0n) is 13.2. The highest BCUT2D eigenvalue weighted by Gasteiger charge is 2.30. The number of hydrogen-bond acceptors (Lipinski definition) is 4. The molecule has 0 spiro atoms. The summed E-state index contributed by atoms with van der Waals surface area (Å²) >= 11 is 5.51. The molecule has 1 aromatic carbocycles. The molecule has 2 aliphatic rings. The van der Waals surface area contributed by atoms with Crippen LogP contribution in [0.25, 0.3) is 0 Å². The molecular formula is C18H18N4OS. The predicted octanol–water partition coefficient (Wildman–Crippen LogP) is 2.94. The van der Waals surface area contributed by atoms with E-state index in [2.05, 4.69) is 15.2 Å². The third-order valence-corrected chi connectivity index (χ3v) is 4.77. The van der Waals surface area contributed by atoms with Crippen LogP contribution in [0.3, 0.4) is 0 Å². The fraction of sp³-hybridized carbons (Fsp3) is 0.278. The molecule has 0 unspecified atom stereocenters. The van der Waals surface area contributed by atoms with E-state index in [1.165, 1.54) is 0 Å². The maximum absolute atomic E-state index is 13.1. The van der Waals surface area contributed by atoms with Crippen molar-refractivity contribution >= 4 is 40.3 Å². The van der Waals surface area contributed by atoms with Crippen LogP contribution in [0, 0.1) is 0 Å². The number of hydrogen-bond donors (Lipinski definition) is 1. The van der Waals surface area contributed by atoms with E-state index < -0.39 is 0 Å². The van der Waals surface area contributed by atoms with Gasteiger partial charge < -0.3 is 5.32 Å². The molecule has 6 heteroatoms. The van der Waals surface area contributed by atoms with Crippen molar-refractivity contribution in [2.75, 3.05) is 29.9 Å². The van der Waals surface area contributed by atoms with E-state index in [1.807, 2.05) is 36.4 Å². The summed E-state index contributed by atoms with van der Waals surface area (Å²) < 4.78 is 0. The second-order valence-electron chi connectivity index (χ2n) is 6.06. The van der Waals surface area contributed by atoms with Gasteiger partial charge in [-0.15, -0.1) is 0 Å². The molecule has 0 aliphatic carbocycles. The van der Waals surface area contributed by atoms with Gasteiger partial charge in [0.1, 0.15) is 10.8 Å². The van der Waals surface area contributed by atoms with Crippen molar-refractivity contribution in [3.8, 4) is 0 Å². The van der Waals surface area contributed by atoms with Crippen molar-refractivity contribution in [1.29, 1.82) is 0 Å². The summed E-state index contributed by atoms with van der Waals surface area (Å²) in [5.41, 5.74) is 2.40. The first-order valence-corrected chi connectivity index (χ1v) is 8.55. The summed E-state index contributed by atoms with van der Waals surface area (Å²) in [6.45, 7) is 2.36. The second kappa shape index (κ2) is 6.30. The zero-order chi connectivity index (χ0) is 16.5. The number of aromatic nitrogens is 1. The van der Waals surface area contributed by atoms with Crippen LogP contribution < -0.4 is 10.2 Å². The van der Waals surface area contributed by atoms with Gasteiger partial charge in [-0.05, 0) is 50.2 Å². The maximum atomic E-state index is 13.1. The third kappa shape index (κ3) is 2.68. The van der Waals surface area contributed by atoms with Crippen LogP contribution in [0.2, 0.25) is 0 Å². The highest BCUT2D eigenvalue weighted by Crippen LogP contribution is 2.36. The minimum Gasteiger partial charge on any atom is -0.344 e. The van der Waals surface area contributed by atoms with Crippen LogP contribution in [0.15, 0.2) is 42.6 Å². The number of thiocarbonyl (C=S) groups is 1. The summed E-state index contributed by atoms with van der Waals surface area (Å²) in [7, 11) is 0. The van der Waals surface area contributed by atoms with Gasteiger partial charge in [-0.25, -0.2) is 4.98 Å². The number of amides is 1. The Morgan fingerprint density at radius 2 is 1.96 bits per heavy atom. The minimum atomic E-state index is 0.0239. The monoisotopic (exact) mass is 338 g/mol. The van der Waals surface area contributed by atoms with E-state index >= 15 is 0 Å². The van der Waals surface area contributed by atoms with Crippen molar-refractivity contribution < 1.29 is 4.79 Å². The Hall–Kier alpha value is -2.31. The van der Waals surface area contributed by atoms with Crippen LogP contribution in [0.5, 0.6) is 0 Å². The molecule has 1 fully saturated rings. The van der Waals surface area contributed by atoms with Gasteiger partial charge >= 0.3 is 0 Å². The number of rotatable bonds is 2. The Balaban J connectivity index is 1.80. The number of carbonyl (C=O) groups excluding carboxylic acids is 1. The van der Waals surface area contributed by atoms with Crippen molar-refractivity contribution in [2.24, 2.45) is 0 Å². The number of anilines is 3. The largest absolute Gasteiger partial charge is 0.344 e. The summed E-state index contributed by atoms with van der Waals surface area (Å²) in [6.07, 6.45) is 4.01. The highest BCUT2D eigenvalue weighted by molar-refractivity contribution is 7.81. The Morgan fingerprint density at radius 1 is 1.17 bits per heavy atom. The number of para-hydroxylation sites is 2. The van der Waals surface area contributed by atoms with Gasteiger partial charge in [0.25, 0.3) is 0 Å². The molecule has 24 heavy (non-hydrogen) atoms. The van der Waals surface area contributed by atoms with Gasteiger partial charge in [-0.3, -0.25) is 14.6 Å². The smallest absolute Gasteiger partial charge is 0.246 e. The van der Waals surface area contributed by atoms with Gasteiger partial charge in [0.15, 0.2) is 0 Å². The van der Waals surface area contributed by atoms with Crippen molar-refractivity contribution in [2.45, 2.75) is 12.8 Å². The maximum Gasteiger partial charge on any atom is 0.246 e. The van der Waals surface area contributed by atoms with Gasteiger partial charge in [0.05, 0.1) is 23.5 Å². The minimum absolute atomic E-state index is 0.0239. The van der Waals surface area contributed by atoms with Gasteiger partial charge in [-0.1, -0.05) is 24.4 Å². The van der Waals surface area contributed by atoms with Gasteiger partial charge in [-0.2, -0.15) is 0 Å². The van der Waals surface area contributed by atoms with Crippen LogP contribution in [-0.2, 0) is 4.79 Å². The summed E-state index contributed by atoms with van der Waals surface area (Å²) in [5.74, 6) is 0.625. The quantitative estimate of drug-likeness (QED) is 0.853. The molecule has 5 nitrogen and oxygen atoms in total. The normalized spacial score (nSPS) is 17.0. The molecule has 1 saturated heterocycles. The molecule has 1 aromatic heterocycles. The third-order valence-electron chi connectivity index (χ3n) is 4.44. The van der Waals surface area contributed by atoms with Crippen LogP contribution in [0.4, 0.5) is 17.2 Å². The van der Waals surface area contributed by atoms with E-state index in [9.17, 15) is 4.79 Å². The van der Waals surface area contributed by atoms with Crippen LogP contribution in [-0.4, -0.2) is 40.4 Å². The van der Waals surface area contributed by atoms with E-state index in [-0.39, 0.29) is 5.91 Å². The average Bonchev–Trinajstić information content (AvgIpc) is 3.05. The zero-order valence-corrected chi connectivity index (χ0v) is 14.1. The van der Waals surface area contributed by atoms with Crippen molar-refractivity contribution in [3.63, 3.8) is 0 Å². The average molecular weight is 338 g/mol. The van der Waals surface area contributed by atoms with Gasteiger partial charge in [0.2, 0.25) is 5.91 Å². The number of nitrogens with zero attached hydrogens (tertiary/aromatic N) is 3. The topological polar surface area (TPSA) is 48.5 Å². The molecule has 122 valence electrons. The molecule has 2 aromatic rings. The van der Waals surface area contributed by atoms with E-state index in [0.717, 1.165) is 42.9 Å². The molecule has 4 rings (SSSR count). The summed E-state index contributed by atoms with van der Waals surface area (Å²) in [6, 6.07) is 11.5. The Morgan fingerprint density at radius 3 is 2.79 bits per heavy atom. The number of nitrogens with one attached hydrogen (secondary N) is 1. The Labute approximate surface area is 146 Å². The lowest BCUT2D eigenvalue weighted by molar-refractivity contribution is -0.118. The number of likely N-dealkylation sites (tertiary alicyclic amines) is 1. The highest BCUT2D eigenvalue weighted by atomic mass is 32.1. The molecule has 0 atom stereocenters. The molecule has 0 bridgehead atoms. The van der Waals surface area contributed by atoms with Crippen LogP contribution in [0.1, 0.15) is 18.4 Å². The SMILES string of the molecule is O=C(CN1CCCC1)N1c2ccccc2NC(=S)c2cccnc21. The first-order chi connectivity index (χ1) is 11.7. The first-order valence-electron chi connectivity index (χ1n) is 8.15. The number of pyridine rings is 1. The van der Waals surface area contributed by atoms with Gasteiger partial charge in [0, 0.05) is 6.20 Å². The van der Waals surface area contributed by atoms with Crippen molar-refractivity contribution in [1.82, 2.24) is 9.88 Å². The number of carbonyl (C=O) groups is 1. The van der Waals surface area contributed by atoms with Crippen molar-refractivity contribution in [3.05, 3.63) is 48.2 Å². The molecule has 0 saturated carbocycles. The lowest BCUT2D eigenvalue weighted by atomic mass is 10.2. The van der Waals surface area contributed by atoms with Crippen LogP contribution >= 0.6 is 12.2 Å². The molecule has 2 aliphatic heterocycles. The number of benzene rings is 1. The lowest BCUT2D eigenvalue weighted by Crippen LogP contribution is -2.37. The summed E-state index contributed by atoms with van der Waals surface area (Å²) in [5, 5.41) is 3.24. The molecule has 0 radical (unpaired) electrons. The standard InChI is InChI=1S/C18H18N4OS/c23-16(12-21-10-3-4-11-21)22-15-8-2-1-7-14(15)20-18(24)13-6-5-9-19-17(13)22/h1-2,5-9H,3-4,10-12H2,(H,20,24). The van der Waals surface area contributed by atoms with E-state index in [4.69, 9.17) is 12.2 Å². The first kappa shape index (κ1) is 15.2. The lowest BCUT2D eigenvalue weighted by Gasteiger charge is -2.25. The van der Waals surface area contributed by atoms with E-state index in [1.54, 1.807) is 11.1 Å². The van der Waals surface area contributed by atoms with E-state index in [0.29, 0.717) is 17.4 Å². The Bertz CT molecular complexity index is 801.